The summed E-state index contributed by atoms with van der Waals surface area (Å²) in [4.78, 5) is 0. The Labute approximate surface area is 168 Å². The molecule has 1 aromatic carbocycles. The van der Waals surface area contributed by atoms with Crippen LogP contribution in [0.25, 0.3) is 0 Å². The fraction of sp³-hybridized carbons (Fsp3) is 0.760. The summed E-state index contributed by atoms with van der Waals surface area (Å²) in [6.45, 7) is 2.30. The van der Waals surface area contributed by atoms with Gasteiger partial charge >= 0.3 is 0 Å². The fourth-order valence-electron chi connectivity index (χ4n) is 6.70. The van der Waals surface area contributed by atoms with E-state index in [1.165, 1.54) is 70.3 Å². The molecule has 1 atom stereocenters. The number of benzene rings is 1. The van der Waals surface area contributed by atoms with Crippen LogP contribution in [0.4, 0.5) is 13.2 Å². The van der Waals surface area contributed by atoms with Crippen molar-refractivity contribution < 1.29 is 13.2 Å². The first-order valence-corrected chi connectivity index (χ1v) is 11.7. The molecular formula is C25H35F3. The monoisotopic (exact) mass is 392 g/mol. The SMILES string of the molecule is CCCC1CCC(C2CCC(C3CCc4c(cc(F)c(F)c4F)C3)CC2)CC1. The molecule has 1 unspecified atom stereocenters. The maximum absolute atomic E-state index is 14.0. The Morgan fingerprint density at radius 1 is 0.750 bits per heavy atom. The summed E-state index contributed by atoms with van der Waals surface area (Å²) in [5, 5.41) is 0. The maximum Gasteiger partial charge on any atom is 0.194 e. The first-order valence-electron chi connectivity index (χ1n) is 11.7. The minimum atomic E-state index is -1.30. The van der Waals surface area contributed by atoms with Crippen molar-refractivity contribution in [1.82, 2.24) is 0 Å². The van der Waals surface area contributed by atoms with Gasteiger partial charge in [-0.3, -0.25) is 0 Å². The second-order valence-corrected chi connectivity index (χ2v) is 9.87. The molecule has 0 saturated heterocycles. The Morgan fingerprint density at radius 3 is 1.93 bits per heavy atom. The van der Waals surface area contributed by atoms with Gasteiger partial charge < -0.3 is 0 Å². The van der Waals surface area contributed by atoms with E-state index < -0.39 is 17.5 Å². The van der Waals surface area contributed by atoms with Crippen LogP contribution in [0.2, 0.25) is 0 Å². The van der Waals surface area contributed by atoms with Crippen LogP contribution in [0.3, 0.4) is 0 Å². The van der Waals surface area contributed by atoms with Gasteiger partial charge in [0.05, 0.1) is 0 Å². The molecule has 0 aromatic heterocycles. The van der Waals surface area contributed by atoms with E-state index in [0.29, 0.717) is 29.4 Å². The third kappa shape index (κ3) is 4.14. The van der Waals surface area contributed by atoms with E-state index in [0.717, 1.165) is 30.6 Å². The van der Waals surface area contributed by atoms with Gasteiger partial charge in [-0.1, -0.05) is 32.6 Å². The van der Waals surface area contributed by atoms with Gasteiger partial charge in [0, 0.05) is 0 Å². The van der Waals surface area contributed by atoms with E-state index in [9.17, 15) is 13.2 Å². The van der Waals surface area contributed by atoms with Gasteiger partial charge in [0.15, 0.2) is 17.5 Å². The number of halogens is 3. The molecule has 0 amide bonds. The number of hydrogen-bond donors (Lipinski definition) is 0. The first kappa shape index (κ1) is 20.3. The molecule has 0 spiro atoms. The molecule has 2 saturated carbocycles. The lowest BCUT2D eigenvalue weighted by atomic mass is 9.65. The second kappa shape index (κ2) is 8.79. The second-order valence-electron chi connectivity index (χ2n) is 9.87. The van der Waals surface area contributed by atoms with Crippen LogP contribution in [0.15, 0.2) is 6.07 Å². The maximum atomic E-state index is 14.0. The van der Waals surface area contributed by atoms with Crippen molar-refractivity contribution in [3.8, 4) is 0 Å². The summed E-state index contributed by atoms with van der Waals surface area (Å²) in [6, 6.07) is 1.25. The topological polar surface area (TPSA) is 0 Å². The molecule has 3 heteroatoms. The molecule has 0 bridgehead atoms. The quantitative estimate of drug-likeness (QED) is 0.462. The van der Waals surface area contributed by atoms with Crippen LogP contribution >= 0.6 is 0 Å². The average Bonchev–Trinajstić information content (AvgIpc) is 2.73. The smallest absolute Gasteiger partial charge is 0.194 e. The summed E-state index contributed by atoms with van der Waals surface area (Å²) in [5.41, 5.74) is 1.14. The molecule has 3 aliphatic carbocycles. The predicted octanol–water partition coefficient (Wildman–Crippen LogP) is 7.62. The Balaban J connectivity index is 1.30. The molecular weight excluding hydrogens is 357 g/mol. The van der Waals surface area contributed by atoms with E-state index in [1.54, 1.807) is 0 Å². The molecule has 2 fully saturated rings. The zero-order valence-electron chi connectivity index (χ0n) is 17.3. The molecule has 156 valence electrons. The standard InChI is InChI=1S/C25H35F3/c1-2-3-16-4-6-17(7-5-16)18-8-10-19(11-9-18)20-12-13-22-21(14-20)15-23(26)25(28)24(22)27/h15-20H,2-14H2,1H3. The molecule has 28 heavy (non-hydrogen) atoms. The number of hydrogen-bond acceptors (Lipinski definition) is 0. The molecule has 1 aromatic rings. The molecule has 0 radical (unpaired) electrons. The lowest BCUT2D eigenvalue weighted by molar-refractivity contribution is 0.119. The summed E-state index contributed by atoms with van der Waals surface area (Å²) >= 11 is 0. The molecule has 4 rings (SSSR count). The number of fused-ring (bicyclic) bond motifs is 1. The Bertz CT molecular complexity index is 667. The minimum absolute atomic E-state index is 0.424. The minimum Gasteiger partial charge on any atom is -0.204 e. The van der Waals surface area contributed by atoms with Gasteiger partial charge in [0.25, 0.3) is 0 Å². The molecule has 3 aliphatic rings. The van der Waals surface area contributed by atoms with Gasteiger partial charge in [0.1, 0.15) is 0 Å². The first-order chi connectivity index (χ1) is 13.6. The summed E-state index contributed by atoms with van der Waals surface area (Å²) in [7, 11) is 0. The summed E-state index contributed by atoms with van der Waals surface area (Å²) < 4.78 is 41.2. The van der Waals surface area contributed by atoms with Crippen LogP contribution < -0.4 is 0 Å². The van der Waals surface area contributed by atoms with E-state index >= 15 is 0 Å². The van der Waals surface area contributed by atoms with Crippen LogP contribution in [0, 0.1) is 47.0 Å². The van der Waals surface area contributed by atoms with E-state index in [4.69, 9.17) is 0 Å². The zero-order valence-corrected chi connectivity index (χ0v) is 17.3. The Kier molecular flexibility index (Phi) is 6.37. The predicted molar refractivity (Wildman–Crippen MR) is 108 cm³/mol. The van der Waals surface area contributed by atoms with Gasteiger partial charge in [-0.2, -0.15) is 0 Å². The van der Waals surface area contributed by atoms with Crippen molar-refractivity contribution in [2.45, 2.75) is 90.4 Å². The molecule has 0 aliphatic heterocycles. The summed E-state index contributed by atoms with van der Waals surface area (Å²) in [5.74, 6) is 0.730. The Hall–Kier alpha value is -0.990. The van der Waals surface area contributed by atoms with Crippen LogP contribution in [-0.2, 0) is 12.8 Å². The van der Waals surface area contributed by atoms with Crippen molar-refractivity contribution in [2.75, 3.05) is 0 Å². The average molecular weight is 393 g/mol. The van der Waals surface area contributed by atoms with Gasteiger partial charge in [-0.05, 0) is 105 Å². The Morgan fingerprint density at radius 2 is 1.32 bits per heavy atom. The highest BCUT2D eigenvalue weighted by Crippen LogP contribution is 2.45. The highest BCUT2D eigenvalue weighted by Gasteiger charge is 2.35. The van der Waals surface area contributed by atoms with Crippen LogP contribution in [0.1, 0.15) is 88.7 Å². The summed E-state index contributed by atoms with van der Waals surface area (Å²) in [6.07, 6.45) is 15.9. The highest BCUT2D eigenvalue weighted by atomic mass is 19.2. The van der Waals surface area contributed by atoms with Crippen molar-refractivity contribution in [2.24, 2.45) is 29.6 Å². The van der Waals surface area contributed by atoms with Crippen molar-refractivity contribution in [1.29, 1.82) is 0 Å². The van der Waals surface area contributed by atoms with E-state index in [-0.39, 0.29) is 0 Å². The lowest BCUT2D eigenvalue weighted by Gasteiger charge is -2.41. The van der Waals surface area contributed by atoms with Gasteiger partial charge in [-0.15, -0.1) is 0 Å². The lowest BCUT2D eigenvalue weighted by Crippen LogP contribution is -2.30. The fourth-order valence-corrected chi connectivity index (χ4v) is 6.70. The number of rotatable bonds is 4. The third-order valence-corrected chi connectivity index (χ3v) is 8.34. The third-order valence-electron chi connectivity index (χ3n) is 8.34. The van der Waals surface area contributed by atoms with Crippen molar-refractivity contribution in [3.63, 3.8) is 0 Å². The van der Waals surface area contributed by atoms with Crippen molar-refractivity contribution >= 4 is 0 Å². The largest absolute Gasteiger partial charge is 0.204 e. The van der Waals surface area contributed by atoms with E-state index in [1.807, 2.05) is 0 Å². The van der Waals surface area contributed by atoms with Crippen molar-refractivity contribution in [3.05, 3.63) is 34.6 Å². The van der Waals surface area contributed by atoms with Crippen LogP contribution in [0.5, 0.6) is 0 Å². The molecule has 0 nitrogen and oxygen atoms in total. The molecule has 0 heterocycles. The van der Waals surface area contributed by atoms with Gasteiger partial charge in [-0.25, -0.2) is 13.2 Å². The molecule has 0 N–H and O–H groups in total. The normalized spacial score (nSPS) is 33.5. The van der Waals surface area contributed by atoms with Gasteiger partial charge in [0.2, 0.25) is 0 Å². The zero-order chi connectivity index (χ0) is 19.7. The highest BCUT2D eigenvalue weighted by molar-refractivity contribution is 5.33. The van der Waals surface area contributed by atoms with Crippen LogP contribution in [-0.4, -0.2) is 0 Å². The van der Waals surface area contributed by atoms with E-state index in [2.05, 4.69) is 6.92 Å².